The Kier molecular flexibility index (Phi) is 3.37. The molecule has 2 atom stereocenters. The van der Waals surface area contributed by atoms with Crippen LogP contribution < -0.4 is 4.90 Å². The van der Waals surface area contributed by atoms with Gasteiger partial charge in [-0.15, -0.1) is 0 Å². The van der Waals surface area contributed by atoms with Crippen molar-refractivity contribution in [2.45, 2.75) is 6.92 Å². The topological polar surface area (TPSA) is 66.4 Å². The third-order valence-corrected chi connectivity index (χ3v) is 5.22. The van der Waals surface area contributed by atoms with E-state index in [1.165, 1.54) is 6.20 Å². The lowest BCUT2D eigenvalue weighted by molar-refractivity contribution is -0.120. The molecule has 0 bridgehead atoms. The Balaban J connectivity index is 1.48. The van der Waals surface area contributed by atoms with Crippen LogP contribution in [0.2, 0.25) is 0 Å². The van der Waals surface area contributed by atoms with Gasteiger partial charge in [0, 0.05) is 37.1 Å². The van der Waals surface area contributed by atoms with Crippen LogP contribution in [0, 0.1) is 18.8 Å². The highest BCUT2D eigenvalue weighted by Gasteiger charge is 2.48. The van der Waals surface area contributed by atoms with E-state index in [0.29, 0.717) is 25.3 Å². The summed E-state index contributed by atoms with van der Waals surface area (Å²) in [4.78, 5) is 37.0. The monoisotopic (exact) mass is 328 g/mol. The highest BCUT2D eigenvalue weighted by atomic mass is 32.1. The first-order valence-electron chi connectivity index (χ1n) is 7.55. The standard InChI is InChI=1S/C16H16N4O2S/c1-10-4-18-14(5-17-10)16(22)19-6-11-7-20(12-2-3-23-9-12)15(21)13(11)8-19/h2-5,9,11,13H,6-8H2,1H3/t11-,13-/m0/s1. The number of rotatable bonds is 2. The highest BCUT2D eigenvalue weighted by Crippen LogP contribution is 2.36. The second-order valence-corrected chi connectivity index (χ2v) is 6.83. The van der Waals surface area contributed by atoms with Gasteiger partial charge < -0.3 is 9.80 Å². The maximum absolute atomic E-state index is 12.6. The summed E-state index contributed by atoms with van der Waals surface area (Å²) in [5.74, 6) is 0.0856. The lowest BCUT2D eigenvalue weighted by atomic mass is 10.0. The number of carbonyl (C=O) groups excluding carboxylic acids is 2. The number of likely N-dealkylation sites (tertiary alicyclic amines) is 1. The van der Waals surface area contributed by atoms with Crippen molar-refractivity contribution in [2.24, 2.45) is 11.8 Å². The predicted molar refractivity (Wildman–Crippen MR) is 86.3 cm³/mol. The number of hydrogen-bond acceptors (Lipinski definition) is 5. The van der Waals surface area contributed by atoms with E-state index < -0.39 is 0 Å². The quantitative estimate of drug-likeness (QED) is 0.839. The fraction of sp³-hybridized carbons (Fsp3) is 0.375. The average molecular weight is 328 g/mol. The van der Waals surface area contributed by atoms with Crippen LogP contribution in [0.4, 0.5) is 5.69 Å². The average Bonchev–Trinajstić information content (AvgIpc) is 3.25. The van der Waals surface area contributed by atoms with Gasteiger partial charge in [-0.3, -0.25) is 14.6 Å². The van der Waals surface area contributed by atoms with Gasteiger partial charge >= 0.3 is 0 Å². The fourth-order valence-corrected chi connectivity index (χ4v) is 3.98. The maximum atomic E-state index is 12.6. The molecule has 0 unspecified atom stereocenters. The molecule has 0 radical (unpaired) electrons. The SMILES string of the molecule is Cc1cnc(C(=O)N2C[C@H]3CN(c4ccsc4)C(=O)[C@H]3C2)cn1. The van der Waals surface area contributed by atoms with Crippen molar-refractivity contribution in [1.29, 1.82) is 0 Å². The molecule has 0 N–H and O–H groups in total. The van der Waals surface area contributed by atoms with Gasteiger partial charge in [0.05, 0.1) is 23.5 Å². The van der Waals surface area contributed by atoms with E-state index in [2.05, 4.69) is 9.97 Å². The second-order valence-electron chi connectivity index (χ2n) is 6.05. The third kappa shape index (κ3) is 2.41. The minimum atomic E-state index is -0.137. The summed E-state index contributed by atoms with van der Waals surface area (Å²) >= 11 is 1.59. The molecule has 7 heteroatoms. The third-order valence-electron chi connectivity index (χ3n) is 4.55. The Morgan fingerprint density at radius 3 is 2.78 bits per heavy atom. The molecular weight excluding hydrogens is 312 g/mol. The smallest absolute Gasteiger partial charge is 0.274 e. The highest BCUT2D eigenvalue weighted by molar-refractivity contribution is 7.08. The summed E-state index contributed by atoms with van der Waals surface area (Å²) in [6.07, 6.45) is 3.10. The van der Waals surface area contributed by atoms with Crippen molar-refractivity contribution in [2.75, 3.05) is 24.5 Å². The molecule has 4 rings (SSSR count). The number of aryl methyl sites for hydroxylation is 1. The fourth-order valence-electron chi connectivity index (χ4n) is 3.34. The molecule has 2 fully saturated rings. The number of thiophene rings is 1. The Morgan fingerprint density at radius 2 is 2.13 bits per heavy atom. The van der Waals surface area contributed by atoms with E-state index in [1.54, 1.807) is 22.4 Å². The van der Waals surface area contributed by atoms with Gasteiger partial charge in [0.2, 0.25) is 5.91 Å². The number of nitrogens with zero attached hydrogens (tertiary/aromatic N) is 4. The maximum Gasteiger partial charge on any atom is 0.274 e. The first-order valence-corrected chi connectivity index (χ1v) is 8.49. The Morgan fingerprint density at radius 1 is 1.26 bits per heavy atom. The zero-order valence-electron chi connectivity index (χ0n) is 12.7. The number of anilines is 1. The molecule has 0 aromatic carbocycles. The number of hydrogen-bond donors (Lipinski definition) is 0. The van der Waals surface area contributed by atoms with Crippen molar-refractivity contribution in [3.8, 4) is 0 Å². The molecule has 0 spiro atoms. The molecule has 4 heterocycles. The molecule has 6 nitrogen and oxygen atoms in total. The Bertz CT molecular complexity index is 744. The number of amides is 2. The Hall–Kier alpha value is -2.28. The summed E-state index contributed by atoms with van der Waals surface area (Å²) in [6.45, 7) is 3.59. The van der Waals surface area contributed by atoms with E-state index in [1.807, 2.05) is 28.7 Å². The summed E-state index contributed by atoms with van der Waals surface area (Å²) in [7, 11) is 0. The zero-order chi connectivity index (χ0) is 16.0. The van der Waals surface area contributed by atoms with Crippen molar-refractivity contribution >= 4 is 28.8 Å². The van der Waals surface area contributed by atoms with E-state index >= 15 is 0 Å². The van der Waals surface area contributed by atoms with Gasteiger partial charge in [-0.05, 0) is 18.4 Å². The molecule has 2 amide bonds. The molecule has 23 heavy (non-hydrogen) atoms. The lowest BCUT2D eigenvalue weighted by Crippen LogP contribution is -2.35. The van der Waals surface area contributed by atoms with Gasteiger partial charge in [0.1, 0.15) is 5.69 Å². The van der Waals surface area contributed by atoms with Gasteiger partial charge in [-0.1, -0.05) is 0 Å². The number of carbonyl (C=O) groups is 2. The van der Waals surface area contributed by atoms with E-state index in [9.17, 15) is 9.59 Å². The van der Waals surface area contributed by atoms with Crippen molar-refractivity contribution in [3.63, 3.8) is 0 Å². The first-order chi connectivity index (χ1) is 11.1. The molecule has 0 aliphatic carbocycles. The van der Waals surface area contributed by atoms with Crippen LogP contribution in [-0.2, 0) is 4.79 Å². The largest absolute Gasteiger partial charge is 0.336 e. The van der Waals surface area contributed by atoms with Crippen molar-refractivity contribution < 1.29 is 9.59 Å². The number of aromatic nitrogens is 2. The normalized spacial score (nSPS) is 23.4. The second kappa shape index (κ2) is 5.42. The van der Waals surface area contributed by atoms with E-state index in [4.69, 9.17) is 0 Å². The van der Waals surface area contributed by atoms with E-state index in [-0.39, 0.29) is 23.7 Å². The van der Waals surface area contributed by atoms with Crippen LogP contribution in [0.3, 0.4) is 0 Å². The minimum Gasteiger partial charge on any atom is -0.336 e. The number of fused-ring (bicyclic) bond motifs is 1. The zero-order valence-corrected chi connectivity index (χ0v) is 13.5. The Labute approximate surface area is 137 Å². The molecule has 2 aliphatic heterocycles. The van der Waals surface area contributed by atoms with Crippen molar-refractivity contribution in [1.82, 2.24) is 14.9 Å². The molecule has 2 saturated heterocycles. The summed E-state index contributed by atoms with van der Waals surface area (Å²) < 4.78 is 0. The van der Waals surface area contributed by atoms with Crippen LogP contribution >= 0.6 is 11.3 Å². The summed E-state index contributed by atoms with van der Waals surface area (Å²) in [5.41, 5.74) is 2.09. The van der Waals surface area contributed by atoms with Crippen LogP contribution in [0.15, 0.2) is 29.2 Å². The molecule has 2 aromatic heterocycles. The van der Waals surface area contributed by atoms with Crippen LogP contribution in [-0.4, -0.2) is 46.3 Å². The molecule has 2 aromatic rings. The molecule has 0 saturated carbocycles. The summed E-state index contributed by atoms with van der Waals surface area (Å²) in [6, 6.07) is 1.97. The predicted octanol–water partition coefficient (Wildman–Crippen LogP) is 1.58. The van der Waals surface area contributed by atoms with E-state index in [0.717, 1.165) is 11.4 Å². The molecular formula is C16H16N4O2S. The van der Waals surface area contributed by atoms with Crippen molar-refractivity contribution in [3.05, 3.63) is 40.6 Å². The van der Waals surface area contributed by atoms with Crippen LogP contribution in [0.25, 0.3) is 0 Å². The van der Waals surface area contributed by atoms with Gasteiger partial charge in [-0.25, -0.2) is 4.98 Å². The lowest BCUT2D eigenvalue weighted by Gasteiger charge is -2.20. The van der Waals surface area contributed by atoms with Crippen LogP contribution in [0.1, 0.15) is 16.2 Å². The molecule has 2 aliphatic rings. The molecule has 118 valence electrons. The van der Waals surface area contributed by atoms with Gasteiger partial charge in [-0.2, -0.15) is 11.3 Å². The minimum absolute atomic E-state index is 0.0998. The first kappa shape index (κ1) is 14.3. The van der Waals surface area contributed by atoms with Crippen LogP contribution in [0.5, 0.6) is 0 Å². The van der Waals surface area contributed by atoms with Gasteiger partial charge in [0.25, 0.3) is 5.91 Å². The van der Waals surface area contributed by atoms with Gasteiger partial charge in [0.15, 0.2) is 0 Å². The summed E-state index contributed by atoms with van der Waals surface area (Å²) in [5, 5.41) is 3.96.